The van der Waals surface area contributed by atoms with E-state index in [-0.39, 0.29) is 29.1 Å². The molecule has 2 heterocycles. The van der Waals surface area contributed by atoms with Crippen LogP contribution in [0.2, 0.25) is 0 Å². The maximum Gasteiger partial charge on any atom is 0.251 e. The lowest BCUT2D eigenvalue weighted by atomic mass is 10.00. The van der Waals surface area contributed by atoms with Gasteiger partial charge in [0.05, 0.1) is 29.8 Å². The number of carbonyl (C=O) groups is 1. The second-order valence-corrected chi connectivity index (χ2v) is 9.74. The molecule has 1 fully saturated rings. The molecular formula is C22H26N2O5S. The first-order valence-electron chi connectivity index (χ1n) is 10.1. The number of amides is 1. The first kappa shape index (κ1) is 20.8. The molecule has 0 unspecified atom stereocenters. The summed E-state index contributed by atoms with van der Waals surface area (Å²) in [6.45, 7) is 4.89. The Balaban J connectivity index is 1.48. The summed E-state index contributed by atoms with van der Waals surface area (Å²) in [4.78, 5) is 12.9. The van der Waals surface area contributed by atoms with E-state index < -0.39 is 10.0 Å². The van der Waals surface area contributed by atoms with Crippen LogP contribution in [0.3, 0.4) is 0 Å². The summed E-state index contributed by atoms with van der Waals surface area (Å²) in [6.07, 6.45) is 0.370. The molecule has 0 spiro atoms. The van der Waals surface area contributed by atoms with Gasteiger partial charge in [-0.15, -0.1) is 0 Å². The number of morpholine rings is 1. The number of para-hydroxylation sites is 1. The minimum absolute atomic E-state index is 0.137. The van der Waals surface area contributed by atoms with E-state index in [1.54, 1.807) is 12.1 Å². The van der Waals surface area contributed by atoms with Gasteiger partial charge in [0, 0.05) is 30.6 Å². The van der Waals surface area contributed by atoms with Crippen LogP contribution in [-0.4, -0.2) is 50.5 Å². The largest absolute Gasteiger partial charge is 0.493 e. The number of carbonyl (C=O) groups excluding carboxylic acids is 1. The summed E-state index contributed by atoms with van der Waals surface area (Å²) in [7, 11) is -3.63. The molecule has 1 amide bonds. The lowest BCUT2D eigenvalue weighted by Gasteiger charge is -2.34. The van der Waals surface area contributed by atoms with Crippen molar-refractivity contribution in [3.8, 4) is 5.75 Å². The van der Waals surface area contributed by atoms with Crippen molar-refractivity contribution in [1.82, 2.24) is 9.62 Å². The normalized spacial score (nSPS) is 24.5. The van der Waals surface area contributed by atoms with Gasteiger partial charge < -0.3 is 14.8 Å². The Labute approximate surface area is 177 Å². The van der Waals surface area contributed by atoms with Crippen LogP contribution >= 0.6 is 0 Å². The van der Waals surface area contributed by atoms with Crippen LogP contribution in [0.15, 0.2) is 53.4 Å². The molecule has 30 heavy (non-hydrogen) atoms. The highest BCUT2D eigenvalue weighted by Gasteiger charge is 2.32. The zero-order valence-corrected chi connectivity index (χ0v) is 17.9. The van der Waals surface area contributed by atoms with Crippen molar-refractivity contribution in [2.24, 2.45) is 0 Å². The van der Waals surface area contributed by atoms with Crippen LogP contribution in [-0.2, 0) is 14.8 Å². The predicted octanol–water partition coefficient (Wildman–Crippen LogP) is 2.74. The molecule has 2 aromatic rings. The Morgan fingerprint density at radius 2 is 1.70 bits per heavy atom. The van der Waals surface area contributed by atoms with E-state index in [0.29, 0.717) is 31.7 Å². The second-order valence-electron chi connectivity index (χ2n) is 7.80. The maximum atomic E-state index is 13.0. The third kappa shape index (κ3) is 4.21. The van der Waals surface area contributed by atoms with Crippen LogP contribution in [0, 0.1) is 0 Å². The van der Waals surface area contributed by atoms with E-state index in [1.165, 1.54) is 16.4 Å². The third-order valence-electron chi connectivity index (χ3n) is 5.40. The fourth-order valence-corrected chi connectivity index (χ4v) is 5.58. The highest BCUT2D eigenvalue weighted by Crippen LogP contribution is 2.31. The maximum absolute atomic E-state index is 13.0. The van der Waals surface area contributed by atoms with Gasteiger partial charge in [0.2, 0.25) is 10.0 Å². The monoisotopic (exact) mass is 430 g/mol. The number of ether oxygens (including phenoxy) is 2. The van der Waals surface area contributed by atoms with Crippen molar-refractivity contribution in [1.29, 1.82) is 0 Å². The molecule has 0 aromatic heterocycles. The van der Waals surface area contributed by atoms with Gasteiger partial charge in [-0.1, -0.05) is 18.2 Å². The molecule has 0 aliphatic carbocycles. The van der Waals surface area contributed by atoms with Gasteiger partial charge >= 0.3 is 0 Å². The van der Waals surface area contributed by atoms with E-state index in [0.717, 1.165) is 11.3 Å². The number of fused-ring (bicyclic) bond motifs is 1. The molecule has 0 bridgehead atoms. The van der Waals surface area contributed by atoms with Gasteiger partial charge in [0.1, 0.15) is 5.75 Å². The number of benzene rings is 2. The summed E-state index contributed by atoms with van der Waals surface area (Å²) < 4.78 is 38.6. The Morgan fingerprint density at radius 1 is 1.03 bits per heavy atom. The number of sulfonamides is 1. The molecule has 8 heteroatoms. The predicted molar refractivity (Wildman–Crippen MR) is 112 cm³/mol. The summed E-state index contributed by atoms with van der Waals surface area (Å²) in [5.41, 5.74) is 1.37. The van der Waals surface area contributed by atoms with Crippen molar-refractivity contribution >= 4 is 15.9 Å². The summed E-state index contributed by atoms with van der Waals surface area (Å²) in [5.74, 6) is 0.540. The minimum Gasteiger partial charge on any atom is -0.493 e. The molecule has 0 saturated carbocycles. The van der Waals surface area contributed by atoms with Crippen LogP contribution in [0.5, 0.6) is 5.75 Å². The Bertz CT molecular complexity index is 1010. The molecule has 1 N–H and O–H groups in total. The van der Waals surface area contributed by atoms with Gasteiger partial charge in [0.15, 0.2) is 0 Å². The smallest absolute Gasteiger partial charge is 0.251 e. The first-order valence-corrected chi connectivity index (χ1v) is 11.6. The zero-order chi connectivity index (χ0) is 21.3. The Kier molecular flexibility index (Phi) is 5.81. The van der Waals surface area contributed by atoms with Gasteiger partial charge in [-0.3, -0.25) is 4.79 Å². The molecule has 7 nitrogen and oxygen atoms in total. The summed E-state index contributed by atoms with van der Waals surface area (Å²) in [5, 5.41) is 3.03. The standard InChI is InChI=1S/C22H26N2O5S/c1-15-13-24(14-16(2)29-15)30(26,27)18-9-7-17(8-10-18)22(25)23-20-11-12-28-21-6-4-3-5-19(20)21/h3-10,15-16,20H,11-14H2,1-2H3,(H,23,25)/t15-,16+,20-/m1/s1. The lowest BCUT2D eigenvalue weighted by Crippen LogP contribution is -2.48. The molecule has 4 rings (SSSR count). The fraction of sp³-hybridized carbons (Fsp3) is 0.409. The third-order valence-corrected chi connectivity index (χ3v) is 7.25. The van der Waals surface area contributed by atoms with E-state index in [4.69, 9.17) is 9.47 Å². The first-order chi connectivity index (χ1) is 14.3. The van der Waals surface area contributed by atoms with Crippen LogP contribution in [0.1, 0.15) is 42.2 Å². The number of nitrogens with zero attached hydrogens (tertiary/aromatic N) is 1. The molecule has 2 aromatic carbocycles. The SMILES string of the molecule is C[C@@H]1CN(S(=O)(=O)c2ccc(C(=O)N[C@@H]3CCOc4ccccc43)cc2)C[C@H](C)O1. The fourth-order valence-electron chi connectivity index (χ4n) is 3.99. The van der Waals surface area contributed by atoms with Crippen molar-refractivity contribution < 1.29 is 22.7 Å². The van der Waals surface area contributed by atoms with Crippen molar-refractivity contribution in [2.75, 3.05) is 19.7 Å². The summed E-state index contributed by atoms with van der Waals surface area (Å²) in [6, 6.07) is 13.6. The topological polar surface area (TPSA) is 84.9 Å². The number of nitrogens with one attached hydrogen (secondary N) is 1. The molecule has 160 valence electrons. The van der Waals surface area contributed by atoms with Crippen LogP contribution < -0.4 is 10.1 Å². The zero-order valence-electron chi connectivity index (χ0n) is 17.1. The lowest BCUT2D eigenvalue weighted by molar-refractivity contribution is -0.0440. The van der Waals surface area contributed by atoms with Gasteiger partial charge in [0.25, 0.3) is 5.91 Å². The molecule has 2 aliphatic heterocycles. The Morgan fingerprint density at radius 3 is 2.40 bits per heavy atom. The van der Waals surface area contributed by atoms with Crippen molar-refractivity contribution in [3.63, 3.8) is 0 Å². The van der Waals surface area contributed by atoms with E-state index in [1.807, 2.05) is 38.1 Å². The molecule has 2 aliphatic rings. The van der Waals surface area contributed by atoms with Gasteiger partial charge in [-0.2, -0.15) is 4.31 Å². The number of hydrogen-bond donors (Lipinski definition) is 1. The number of hydrogen-bond acceptors (Lipinski definition) is 5. The highest BCUT2D eigenvalue weighted by molar-refractivity contribution is 7.89. The summed E-state index contributed by atoms with van der Waals surface area (Å²) >= 11 is 0. The van der Waals surface area contributed by atoms with Gasteiger partial charge in [-0.05, 0) is 44.2 Å². The highest BCUT2D eigenvalue weighted by atomic mass is 32.2. The van der Waals surface area contributed by atoms with Crippen LogP contribution in [0.4, 0.5) is 0 Å². The van der Waals surface area contributed by atoms with Crippen molar-refractivity contribution in [2.45, 2.75) is 43.4 Å². The van der Waals surface area contributed by atoms with E-state index in [2.05, 4.69) is 5.32 Å². The van der Waals surface area contributed by atoms with Crippen LogP contribution in [0.25, 0.3) is 0 Å². The molecule has 3 atom stereocenters. The average molecular weight is 431 g/mol. The second kappa shape index (κ2) is 8.37. The van der Waals surface area contributed by atoms with E-state index in [9.17, 15) is 13.2 Å². The quantitative estimate of drug-likeness (QED) is 0.806. The molecule has 1 saturated heterocycles. The Hall–Kier alpha value is -2.42. The van der Waals surface area contributed by atoms with E-state index >= 15 is 0 Å². The molecule has 0 radical (unpaired) electrons. The molecular weight excluding hydrogens is 404 g/mol. The van der Waals surface area contributed by atoms with Gasteiger partial charge in [-0.25, -0.2) is 8.42 Å². The minimum atomic E-state index is -3.63. The number of rotatable bonds is 4. The average Bonchev–Trinajstić information content (AvgIpc) is 2.73. The van der Waals surface area contributed by atoms with Crippen molar-refractivity contribution in [3.05, 3.63) is 59.7 Å².